The summed E-state index contributed by atoms with van der Waals surface area (Å²) in [5, 5.41) is 9.01. The van der Waals surface area contributed by atoms with E-state index in [4.69, 9.17) is 9.84 Å². The number of pyridine rings is 1. The Kier molecular flexibility index (Phi) is 6.63. The molecule has 96 valence electrons. The lowest BCUT2D eigenvalue weighted by molar-refractivity contribution is 0.197. The lowest BCUT2D eigenvalue weighted by Crippen LogP contribution is -2.12. The van der Waals surface area contributed by atoms with Crippen molar-refractivity contribution in [2.24, 2.45) is 0 Å². The van der Waals surface area contributed by atoms with Crippen LogP contribution in [0.5, 0.6) is 5.88 Å². The summed E-state index contributed by atoms with van der Waals surface area (Å²) in [5.74, 6) is 0.611. The van der Waals surface area contributed by atoms with Crippen molar-refractivity contribution in [1.29, 1.82) is 0 Å². The van der Waals surface area contributed by atoms with E-state index in [-0.39, 0.29) is 12.7 Å². The van der Waals surface area contributed by atoms with Gasteiger partial charge in [-0.2, -0.15) is 0 Å². The van der Waals surface area contributed by atoms with E-state index in [1.807, 2.05) is 0 Å². The van der Waals surface area contributed by atoms with Crippen molar-refractivity contribution >= 4 is 0 Å². The predicted octanol–water partition coefficient (Wildman–Crippen LogP) is 3.31. The molecule has 1 N–H and O–H groups in total. The first kappa shape index (κ1) is 14.0. The number of aliphatic hydroxyl groups excluding tert-OH is 1. The number of hydrogen-bond donors (Lipinski definition) is 1. The number of ether oxygens (including phenoxy) is 1. The van der Waals surface area contributed by atoms with Crippen molar-refractivity contribution in [2.45, 2.75) is 58.7 Å². The fraction of sp³-hybridized carbons (Fsp3) is 0.643. The van der Waals surface area contributed by atoms with Crippen LogP contribution in [0.25, 0.3) is 0 Å². The molecule has 1 atom stereocenters. The van der Waals surface area contributed by atoms with Gasteiger partial charge in [0.1, 0.15) is 0 Å². The van der Waals surface area contributed by atoms with Crippen LogP contribution in [0.3, 0.4) is 0 Å². The molecule has 1 aromatic rings. The number of hydrogen-bond acceptors (Lipinski definition) is 3. The molecule has 1 unspecified atom stereocenters. The van der Waals surface area contributed by atoms with E-state index in [2.05, 4.69) is 18.8 Å². The van der Waals surface area contributed by atoms with Crippen molar-refractivity contribution in [1.82, 2.24) is 4.98 Å². The minimum absolute atomic E-state index is 0.0315. The summed E-state index contributed by atoms with van der Waals surface area (Å²) in [6, 6.07) is 3.58. The molecule has 0 aromatic carbocycles. The Morgan fingerprint density at radius 2 is 2.18 bits per heavy atom. The van der Waals surface area contributed by atoms with Crippen molar-refractivity contribution in [3.63, 3.8) is 0 Å². The van der Waals surface area contributed by atoms with E-state index < -0.39 is 0 Å². The smallest absolute Gasteiger partial charge is 0.213 e. The molecule has 17 heavy (non-hydrogen) atoms. The van der Waals surface area contributed by atoms with Crippen molar-refractivity contribution in [2.75, 3.05) is 0 Å². The first-order valence-electron chi connectivity index (χ1n) is 6.48. The number of nitrogens with zero attached hydrogens (tertiary/aromatic N) is 1. The summed E-state index contributed by atoms with van der Waals surface area (Å²) in [7, 11) is 0. The molecule has 0 bridgehead atoms. The van der Waals surface area contributed by atoms with Gasteiger partial charge in [-0.1, -0.05) is 26.2 Å². The second-order valence-corrected chi connectivity index (χ2v) is 4.44. The van der Waals surface area contributed by atoms with Gasteiger partial charge in [0, 0.05) is 12.3 Å². The third-order valence-electron chi connectivity index (χ3n) is 2.77. The van der Waals surface area contributed by atoms with Gasteiger partial charge in [-0.3, -0.25) is 0 Å². The van der Waals surface area contributed by atoms with Gasteiger partial charge in [0.25, 0.3) is 0 Å². The molecule has 3 heteroatoms. The zero-order chi connectivity index (χ0) is 12.5. The van der Waals surface area contributed by atoms with Crippen LogP contribution in [0.2, 0.25) is 0 Å². The summed E-state index contributed by atoms with van der Waals surface area (Å²) in [6.07, 6.45) is 7.95. The summed E-state index contributed by atoms with van der Waals surface area (Å²) in [5.41, 5.74) is 0.841. The van der Waals surface area contributed by atoms with E-state index in [1.54, 1.807) is 18.3 Å². The maximum absolute atomic E-state index is 9.01. The fourth-order valence-electron chi connectivity index (χ4n) is 1.74. The van der Waals surface area contributed by atoms with Crippen LogP contribution in [0, 0.1) is 0 Å². The Balaban J connectivity index is 2.31. The van der Waals surface area contributed by atoms with Gasteiger partial charge in [0.2, 0.25) is 5.88 Å². The van der Waals surface area contributed by atoms with Gasteiger partial charge in [0.05, 0.1) is 12.7 Å². The van der Waals surface area contributed by atoms with Crippen molar-refractivity contribution in [3.05, 3.63) is 23.9 Å². The highest BCUT2D eigenvalue weighted by Crippen LogP contribution is 2.14. The van der Waals surface area contributed by atoms with Crippen molar-refractivity contribution < 1.29 is 9.84 Å². The zero-order valence-electron chi connectivity index (χ0n) is 10.9. The number of unbranched alkanes of at least 4 members (excludes halogenated alkanes) is 3. The molecular formula is C14H23NO2. The Bertz CT molecular complexity index is 315. The van der Waals surface area contributed by atoms with Gasteiger partial charge in [-0.15, -0.1) is 0 Å². The highest BCUT2D eigenvalue weighted by atomic mass is 16.5. The number of aromatic nitrogens is 1. The van der Waals surface area contributed by atoms with E-state index in [1.165, 1.54) is 25.7 Å². The molecule has 1 heterocycles. The Hall–Kier alpha value is -1.09. The van der Waals surface area contributed by atoms with Crippen LogP contribution in [-0.4, -0.2) is 16.2 Å². The third-order valence-corrected chi connectivity index (χ3v) is 2.77. The molecule has 1 aromatic heterocycles. The molecule has 1 rings (SSSR count). The van der Waals surface area contributed by atoms with Crippen LogP contribution < -0.4 is 4.74 Å². The minimum atomic E-state index is 0.0315. The lowest BCUT2D eigenvalue weighted by atomic mass is 10.1. The normalized spacial score (nSPS) is 12.4. The Morgan fingerprint density at radius 3 is 2.88 bits per heavy atom. The molecule has 0 aliphatic rings. The SMILES string of the molecule is CCCCCCC(C)Oc1cc(CO)ccn1. The number of aliphatic hydroxyl groups is 1. The summed E-state index contributed by atoms with van der Waals surface area (Å²) in [6.45, 7) is 4.31. The topological polar surface area (TPSA) is 42.4 Å². The molecule has 0 saturated carbocycles. The Labute approximate surface area is 104 Å². The average Bonchev–Trinajstić information content (AvgIpc) is 2.35. The standard InChI is InChI=1S/C14H23NO2/c1-3-4-5-6-7-12(2)17-14-10-13(11-16)8-9-15-14/h8-10,12,16H,3-7,11H2,1-2H3. The highest BCUT2D eigenvalue weighted by Gasteiger charge is 2.05. The van der Waals surface area contributed by atoms with E-state index >= 15 is 0 Å². The molecular weight excluding hydrogens is 214 g/mol. The molecule has 0 radical (unpaired) electrons. The molecule has 0 aliphatic carbocycles. The van der Waals surface area contributed by atoms with Crippen LogP contribution in [0.1, 0.15) is 51.5 Å². The number of rotatable bonds is 8. The van der Waals surface area contributed by atoms with Crippen LogP contribution in [0.15, 0.2) is 18.3 Å². The van der Waals surface area contributed by atoms with Gasteiger partial charge < -0.3 is 9.84 Å². The largest absolute Gasteiger partial charge is 0.475 e. The Morgan fingerprint density at radius 1 is 1.35 bits per heavy atom. The second-order valence-electron chi connectivity index (χ2n) is 4.44. The molecule has 3 nitrogen and oxygen atoms in total. The molecule has 0 saturated heterocycles. The zero-order valence-corrected chi connectivity index (χ0v) is 10.9. The minimum Gasteiger partial charge on any atom is -0.475 e. The average molecular weight is 237 g/mol. The fourth-order valence-corrected chi connectivity index (χ4v) is 1.74. The van der Waals surface area contributed by atoms with Gasteiger partial charge in [-0.25, -0.2) is 4.98 Å². The van der Waals surface area contributed by atoms with Crippen LogP contribution in [-0.2, 0) is 6.61 Å². The van der Waals surface area contributed by atoms with E-state index in [0.29, 0.717) is 5.88 Å². The summed E-state index contributed by atoms with van der Waals surface area (Å²) < 4.78 is 5.71. The summed E-state index contributed by atoms with van der Waals surface area (Å²) in [4.78, 5) is 4.14. The molecule has 0 fully saturated rings. The first-order valence-corrected chi connectivity index (χ1v) is 6.48. The van der Waals surface area contributed by atoms with Gasteiger partial charge >= 0.3 is 0 Å². The van der Waals surface area contributed by atoms with Gasteiger partial charge in [-0.05, 0) is 31.4 Å². The maximum atomic E-state index is 9.01. The molecule has 0 amide bonds. The highest BCUT2D eigenvalue weighted by molar-refractivity contribution is 5.19. The monoisotopic (exact) mass is 237 g/mol. The second kappa shape index (κ2) is 8.07. The van der Waals surface area contributed by atoms with Crippen LogP contribution in [0.4, 0.5) is 0 Å². The lowest BCUT2D eigenvalue weighted by Gasteiger charge is -2.14. The van der Waals surface area contributed by atoms with Gasteiger partial charge in [0.15, 0.2) is 0 Å². The third kappa shape index (κ3) is 5.68. The predicted molar refractivity (Wildman–Crippen MR) is 69.0 cm³/mol. The van der Waals surface area contributed by atoms with E-state index in [0.717, 1.165) is 12.0 Å². The van der Waals surface area contributed by atoms with Crippen molar-refractivity contribution in [3.8, 4) is 5.88 Å². The van der Waals surface area contributed by atoms with E-state index in [9.17, 15) is 0 Å². The van der Waals surface area contributed by atoms with Crippen LogP contribution >= 0.6 is 0 Å². The first-order chi connectivity index (χ1) is 8.26. The summed E-state index contributed by atoms with van der Waals surface area (Å²) >= 11 is 0. The molecule has 0 spiro atoms. The molecule has 0 aliphatic heterocycles. The quantitative estimate of drug-likeness (QED) is 0.705. The maximum Gasteiger partial charge on any atom is 0.213 e.